The maximum Gasteiger partial charge on any atom is 0.302 e. The molecule has 0 bridgehead atoms. The van der Waals surface area contributed by atoms with Gasteiger partial charge in [0.1, 0.15) is 6.10 Å². The van der Waals surface area contributed by atoms with Gasteiger partial charge in [-0.05, 0) is 84.3 Å². The zero-order valence-electron chi connectivity index (χ0n) is 18.4. The van der Waals surface area contributed by atoms with Crippen LogP contribution in [0.5, 0.6) is 0 Å². The van der Waals surface area contributed by atoms with Crippen molar-refractivity contribution in [2.75, 3.05) is 0 Å². The molecule has 5 rings (SSSR count). The lowest BCUT2D eigenvalue weighted by Crippen LogP contribution is -2.50. The van der Waals surface area contributed by atoms with Crippen LogP contribution in [0.15, 0.2) is 42.3 Å². The molecular weight excluding hydrogens is 394 g/mol. The second kappa shape index (κ2) is 7.82. The second-order valence-corrected chi connectivity index (χ2v) is 10.3. The first-order chi connectivity index (χ1) is 13.9. The lowest BCUT2D eigenvalue weighted by atomic mass is 9.47. The van der Waals surface area contributed by atoms with Crippen LogP contribution in [0.3, 0.4) is 0 Å². The summed E-state index contributed by atoms with van der Waals surface area (Å²) in [6, 6.07) is 4.30. The van der Waals surface area contributed by atoms with Crippen LogP contribution < -0.4 is 0 Å². The Balaban J connectivity index is 0.00000218. The Labute approximate surface area is 186 Å². The second-order valence-electron chi connectivity index (χ2n) is 10.3. The van der Waals surface area contributed by atoms with Gasteiger partial charge >= 0.3 is 5.97 Å². The van der Waals surface area contributed by atoms with Gasteiger partial charge in [-0.3, -0.25) is 9.78 Å². The summed E-state index contributed by atoms with van der Waals surface area (Å²) in [5.74, 6) is 2.12. The van der Waals surface area contributed by atoms with Gasteiger partial charge in [-0.1, -0.05) is 37.6 Å². The van der Waals surface area contributed by atoms with E-state index in [9.17, 15) is 4.79 Å². The van der Waals surface area contributed by atoms with Crippen molar-refractivity contribution in [3.05, 3.63) is 47.8 Å². The summed E-state index contributed by atoms with van der Waals surface area (Å²) in [7, 11) is 0. The Bertz CT molecular complexity index is 878. The van der Waals surface area contributed by atoms with Crippen molar-refractivity contribution < 1.29 is 9.53 Å². The molecule has 0 spiro atoms. The molecule has 0 saturated heterocycles. The first-order valence-electron chi connectivity index (χ1n) is 11.4. The minimum Gasteiger partial charge on any atom is -0.462 e. The highest BCUT2D eigenvalue weighted by Gasteiger charge is 2.56. The van der Waals surface area contributed by atoms with E-state index in [2.05, 4.69) is 43.1 Å². The average molecular weight is 428 g/mol. The van der Waals surface area contributed by atoms with Gasteiger partial charge in [0.25, 0.3) is 0 Å². The molecule has 2 saturated carbocycles. The fourth-order valence-corrected chi connectivity index (χ4v) is 7.50. The van der Waals surface area contributed by atoms with Gasteiger partial charge in [0.15, 0.2) is 0 Å². The SMILES string of the molecule is CC(=O)O[C@H]1CC[C@@]2(C)C(=CC[C@@H]3[C@@H]2CC[C@]2(C)C(c4cccnc4)=CC[C@@H]32)C1.Cl. The van der Waals surface area contributed by atoms with Crippen LogP contribution in [-0.2, 0) is 9.53 Å². The quantitative estimate of drug-likeness (QED) is 0.405. The molecule has 1 aromatic rings. The third kappa shape index (κ3) is 3.25. The molecule has 4 aliphatic rings. The van der Waals surface area contributed by atoms with Gasteiger partial charge in [0.05, 0.1) is 0 Å². The lowest BCUT2D eigenvalue weighted by molar-refractivity contribution is -0.148. The Morgan fingerprint density at radius 2 is 1.90 bits per heavy atom. The van der Waals surface area contributed by atoms with Crippen LogP contribution in [0, 0.1) is 28.6 Å². The largest absolute Gasteiger partial charge is 0.462 e. The molecule has 4 aliphatic carbocycles. The van der Waals surface area contributed by atoms with Gasteiger partial charge in [0.2, 0.25) is 0 Å². The highest BCUT2D eigenvalue weighted by atomic mass is 35.5. The summed E-state index contributed by atoms with van der Waals surface area (Å²) in [6.07, 6.45) is 17.1. The Kier molecular flexibility index (Phi) is 5.63. The minimum absolute atomic E-state index is 0. The number of esters is 1. The van der Waals surface area contributed by atoms with Crippen LogP contribution in [-0.4, -0.2) is 17.1 Å². The van der Waals surface area contributed by atoms with Gasteiger partial charge in [-0.25, -0.2) is 0 Å². The lowest BCUT2D eigenvalue weighted by Gasteiger charge is -2.57. The molecule has 6 atom stereocenters. The minimum atomic E-state index is -0.138. The molecule has 0 N–H and O–H groups in total. The van der Waals surface area contributed by atoms with Crippen LogP contribution in [0.25, 0.3) is 5.57 Å². The highest BCUT2D eigenvalue weighted by molar-refractivity contribution is 5.85. The molecule has 3 nitrogen and oxygen atoms in total. The zero-order valence-corrected chi connectivity index (χ0v) is 19.2. The summed E-state index contributed by atoms with van der Waals surface area (Å²) >= 11 is 0. The van der Waals surface area contributed by atoms with Gasteiger partial charge < -0.3 is 4.74 Å². The number of rotatable bonds is 2. The number of allylic oxidation sites excluding steroid dienone is 3. The van der Waals surface area contributed by atoms with Gasteiger partial charge in [-0.15, -0.1) is 12.4 Å². The monoisotopic (exact) mass is 427 g/mol. The molecule has 4 heteroatoms. The van der Waals surface area contributed by atoms with Crippen molar-refractivity contribution in [2.24, 2.45) is 28.6 Å². The van der Waals surface area contributed by atoms with E-state index >= 15 is 0 Å². The van der Waals surface area contributed by atoms with E-state index in [0.717, 1.165) is 37.0 Å². The number of hydrogen-bond donors (Lipinski definition) is 0. The van der Waals surface area contributed by atoms with Crippen LogP contribution >= 0.6 is 12.4 Å². The fourth-order valence-electron chi connectivity index (χ4n) is 7.50. The first-order valence-corrected chi connectivity index (χ1v) is 11.4. The number of nitrogens with zero attached hydrogens (tertiary/aromatic N) is 1. The number of carbonyl (C=O) groups is 1. The van der Waals surface area contributed by atoms with Crippen molar-refractivity contribution >= 4 is 23.9 Å². The topological polar surface area (TPSA) is 39.2 Å². The Morgan fingerprint density at radius 3 is 2.63 bits per heavy atom. The van der Waals surface area contributed by atoms with E-state index < -0.39 is 0 Å². The number of halogens is 1. The van der Waals surface area contributed by atoms with Crippen molar-refractivity contribution in [3.63, 3.8) is 0 Å². The maximum absolute atomic E-state index is 11.4. The summed E-state index contributed by atoms with van der Waals surface area (Å²) < 4.78 is 5.58. The molecule has 0 amide bonds. The third-order valence-corrected chi connectivity index (χ3v) is 8.94. The van der Waals surface area contributed by atoms with Crippen molar-refractivity contribution in [2.45, 2.75) is 71.8 Å². The van der Waals surface area contributed by atoms with Crippen molar-refractivity contribution in [1.29, 1.82) is 0 Å². The molecule has 30 heavy (non-hydrogen) atoms. The smallest absolute Gasteiger partial charge is 0.302 e. The first kappa shape index (κ1) is 21.6. The van der Waals surface area contributed by atoms with E-state index in [1.807, 2.05) is 12.4 Å². The maximum atomic E-state index is 11.4. The van der Waals surface area contributed by atoms with E-state index in [1.165, 1.54) is 43.7 Å². The number of pyridine rings is 1. The van der Waals surface area contributed by atoms with Gasteiger partial charge in [0, 0.05) is 25.7 Å². The molecule has 0 radical (unpaired) electrons. The fraction of sp³-hybridized carbons (Fsp3) is 0.615. The molecule has 0 aliphatic heterocycles. The van der Waals surface area contributed by atoms with E-state index in [0.29, 0.717) is 0 Å². The Hall–Kier alpha value is -1.61. The number of carbonyl (C=O) groups excluding carboxylic acids is 1. The van der Waals surface area contributed by atoms with Crippen LogP contribution in [0.2, 0.25) is 0 Å². The standard InChI is InChI=1S/C26H33NO2.ClH/c1-17(28)29-20-10-12-25(2)19(15-20)6-7-21-23-9-8-22(18-5-4-14-27-16-18)26(23,3)13-11-24(21)25;/h4-6,8,14,16,20-21,23-24H,7,9-13,15H2,1-3H3;1H/t20-,21-,23-,24-,25-,26+;/m0./s1. The molecule has 162 valence electrons. The van der Waals surface area contributed by atoms with Crippen molar-refractivity contribution in [1.82, 2.24) is 4.98 Å². The Morgan fingerprint density at radius 1 is 1.10 bits per heavy atom. The third-order valence-electron chi connectivity index (χ3n) is 8.94. The normalized spacial score (nSPS) is 39.4. The van der Waals surface area contributed by atoms with Crippen LogP contribution in [0.4, 0.5) is 0 Å². The van der Waals surface area contributed by atoms with Gasteiger partial charge in [-0.2, -0.15) is 0 Å². The van der Waals surface area contributed by atoms with E-state index in [1.54, 1.807) is 5.57 Å². The molecule has 1 heterocycles. The van der Waals surface area contributed by atoms with Crippen molar-refractivity contribution in [3.8, 4) is 0 Å². The number of aromatic nitrogens is 1. The number of ether oxygens (including phenoxy) is 1. The summed E-state index contributed by atoms with van der Waals surface area (Å²) in [5.41, 5.74) is 4.99. The molecule has 2 fully saturated rings. The predicted molar refractivity (Wildman–Crippen MR) is 122 cm³/mol. The number of fused-ring (bicyclic) bond motifs is 5. The summed E-state index contributed by atoms with van der Waals surface area (Å²) in [6.45, 7) is 6.56. The summed E-state index contributed by atoms with van der Waals surface area (Å²) in [4.78, 5) is 15.8. The molecule has 0 unspecified atom stereocenters. The van der Waals surface area contributed by atoms with Crippen LogP contribution in [0.1, 0.15) is 71.3 Å². The average Bonchev–Trinajstić information content (AvgIpc) is 3.06. The number of hydrogen-bond acceptors (Lipinski definition) is 3. The zero-order chi connectivity index (χ0) is 20.2. The molecule has 1 aromatic heterocycles. The van der Waals surface area contributed by atoms with E-state index in [4.69, 9.17) is 4.74 Å². The molecular formula is C26H34ClNO2. The highest BCUT2D eigenvalue weighted by Crippen LogP contribution is 2.66. The predicted octanol–water partition coefficient (Wildman–Crippen LogP) is 6.39. The summed E-state index contributed by atoms with van der Waals surface area (Å²) in [5, 5.41) is 0. The molecule has 0 aromatic carbocycles. The van der Waals surface area contributed by atoms with E-state index in [-0.39, 0.29) is 35.3 Å².